The number of allylic oxidation sites excluding steroid dienone is 5. The summed E-state index contributed by atoms with van der Waals surface area (Å²) < 4.78 is 8.39. The van der Waals surface area contributed by atoms with Gasteiger partial charge in [-0.2, -0.15) is 0 Å². The molecule has 1 aromatic heterocycles. The first-order valence-electron chi connectivity index (χ1n) is 18.6. The van der Waals surface area contributed by atoms with E-state index in [1.54, 1.807) is 33.4 Å². The first kappa shape index (κ1) is 34.7. The van der Waals surface area contributed by atoms with Crippen molar-refractivity contribution in [1.82, 2.24) is 4.57 Å². The molecular weight excluding hydrogens is 599 g/mol. The van der Waals surface area contributed by atoms with Gasteiger partial charge in [0, 0.05) is 41.0 Å². The van der Waals surface area contributed by atoms with Crippen molar-refractivity contribution in [3.05, 3.63) is 99.7 Å². The summed E-state index contributed by atoms with van der Waals surface area (Å²) in [5.74, 6) is 0.509. The zero-order valence-electron chi connectivity index (χ0n) is 31.7. The highest BCUT2D eigenvalue weighted by atomic mass is 28.3. The molecule has 0 N–H and O–H groups in total. The van der Waals surface area contributed by atoms with Crippen LogP contribution < -0.4 is 0 Å². The summed E-state index contributed by atoms with van der Waals surface area (Å²) in [6.45, 7) is 24.7. The molecule has 4 aromatic rings. The smallest absolute Gasteiger partial charge is 0.0747 e. The highest BCUT2D eigenvalue weighted by molar-refractivity contribution is 6.83. The number of rotatable bonds is 11. The molecule has 2 unspecified atom stereocenters. The Balaban J connectivity index is 1.41. The molecule has 2 aliphatic rings. The minimum absolute atomic E-state index is 0.0493. The number of unbranched alkanes of at least 4 members (excludes halogenated alkanes) is 3. The fourth-order valence-electron chi connectivity index (χ4n) is 9.38. The average Bonchev–Trinajstić information content (AvgIpc) is 3.65. The third kappa shape index (κ3) is 6.11. The second-order valence-corrected chi connectivity index (χ2v) is 21.2. The first-order valence-corrected chi connectivity index (χ1v) is 21.4. The van der Waals surface area contributed by atoms with E-state index in [1.165, 1.54) is 63.8 Å². The van der Waals surface area contributed by atoms with E-state index in [-0.39, 0.29) is 5.60 Å². The highest BCUT2D eigenvalue weighted by Gasteiger charge is 2.51. The predicted molar refractivity (Wildman–Crippen MR) is 213 cm³/mol. The molecular formula is C45H59NOSi. The molecule has 0 spiro atoms. The molecule has 0 fully saturated rings. The van der Waals surface area contributed by atoms with Crippen LogP contribution in [-0.4, -0.2) is 24.8 Å². The van der Waals surface area contributed by atoms with E-state index in [4.69, 9.17) is 4.74 Å². The zero-order chi connectivity index (χ0) is 34.5. The fraction of sp³-hybridized carbons (Fsp3) is 0.467. The molecule has 0 amide bonds. The lowest BCUT2D eigenvalue weighted by Crippen LogP contribution is -2.45. The monoisotopic (exact) mass is 657 g/mol. The second-order valence-electron chi connectivity index (χ2n) is 16.5. The molecule has 254 valence electrons. The van der Waals surface area contributed by atoms with E-state index >= 15 is 0 Å². The molecule has 0 bridgehead atoms. The molecule has 2 atom stereocenters. The van der Waals surface area contributed by atoms with Crippen molar-refractivity contribution >= 4 is 36.0 Å². The van der Waals surface area contributed by atoms with Gasteiger partial charge in [-0.3, -0.25) is 0 Å². The Bertz CT molecular complexity index is 1920. The van der Waals surface area contributed by atoms with Crippen LogP contribution in [-0.2, 0) is 11.8 Å². The van der Waals surface area contributed by atoms with E-state index in [1.807, 2.05) is 0 Å². The maximum absolute atomic E-state index is 6.05. The van der Waals surface area contributed by atoms with Crippen LogP contribution in [0.15, 0.2) is 88.5 Å². The van der Waals surface area contributed by atoms with E-state index in [2.05, 4.69) is 147 Å². The van der Waals surface area contributed by atoms with Crippen molar-refractivity contribution < 1.29 is 4.74 Å². The number of aromatic nitrogens is 1. The van der Waals surface area contributed by atoms with Crippen LogP contribution in [0.2, 0.25) is 18.1 Å². The van der Waals surface area contributed by atoms with Crippen LogP contribution >= 0.6 is 0 Å². The van der Waals surface area contributed by atoms with Crippen LogP contribution in [0, 0.1) is 5.92 Å². The number of aryl methyl sites for hydroxylation is 1. The van der Waals surface area contributed by atoms with Crippen LogP contribution in [0.4, 0.5) is 0 Å². The molecule has 2 aliphatic carbocycles. The number of benzene rings is 3. The molecule has 2 nitrogen and oxygen atoms in total. The fourth-order valence-corrected chi connectivity index (χ4v) is 15.9. The van der Waals surface area contributed by atoms with Gasteiger partial charge >= 0.3 is 0 Å². The normalized spacial score (nSPS) is 18.5. The Morgan fingerprint density at radius 2 is 1.44 bits per heavy atom. The number of ether oxygens (including phenoxy) is 1. The Morgan fingerprint density at radius 1 is 0.771 bits per heavy atom. The van der Waals surface area contributed by atoms with Crippen LogP contribution in [0.5, 0.6) is 0 Å². The molecule has 3 aromatic carbocycles. The number of hydrogen-bond acceptors (Lipinski definition) is 1. The number of para-hydroxylation sites is 1. The van der Waals surface area contributed by atoms with Gasteiger partial charge in [-0.1, -0.05) is 111 Å². The van der Waals surface area contributed by atoms with Crippen molar-refractivity contribution in [2.75, 3.05) is 6.61 Å². The predicted octanol–water partition coefficient (Wildman–Crippen LogP) is 13.2. The molecule has 0 radical (unpaired) electrons. The van der Waals surface area contributed by atoms with Gasteiger partial charge in [0.25, 0.3) is 0 Å². The molecule has 0 saturated heterocycles. The van der Waals surface area contributed by atoms with E-state index < -0.39 is 8.07 Å². The quantitative estimate of drug-likeness (QED) is 0.116. The third-order valence-corrected chi connectivity index (χ3v) is 17.6. The lowest BCUT2D eigenvalue weighted by atomic mass is 9.95. The van der Waals surface area contributed by atoms with Crippen molar-refractivity contribution in [3.8, 4) is 11.1 Å². The van der Waals surface area contributed by atoms with Gasteiger partial charge in [-0.05, 0) is 118 Å². The summed E-state index contributed by atoms with van der Waals surface area (Å²) in [5.41, 5.74) is 17.5. The molecule has 6 rings (SSSR count). The van der Waals surface area contributed by atoms with E-state index in [9.17, 15) is 0 Å². The zero-order valence-corrected chi connectivity index (χ0v) is 32.7. The van der Waals surface area contributed by atoms with E-state index in [0.29, 0.717) is 17.0 Å². The maximum Gasteiger partial charge on any atom is 0.0747 e. The van der Waals surface area contributed by atoms with Gasteiger partial charge in [-0.15, -0.1) is 0 Å². The van der Waals surface area contributed by atoms with Gasteiger partial charge in [0.15, 0.2) is 0 Å². The maximum atomic E-state index is 6.05. The summed E-state index contributed by atoms with van der Waals surface area (Å²) in [6, 6.07) is 24.5. The summed E-state index contributed by atoms with van der Waals surface area (Å²) in [7, 11) is 0.204. The van der Waals surface area contributed by atoms with Crippen LogP contribution in [0.1, 0.15) is 105 Å². The van der Waals surface area contributed by atoms with Crippen molar-refractivity contribution in [3.63, 3.8) is 0 Å². The summed E-state index contributed by atoms with van der Waals surface area (Å²) in [4.78, 5) is 0. The standard InChI is InChI=1S/C45H59NOSi/c1-29(2)38-28-39-35(34-23-24-42-40(27-34)36-19-14-15-22-41(36)46(42)10)20-18-21-37(39)44(38)48(11,43-32(5)30(3)31(4)33(43)6)26-17-13-12-16-25-47-45(7,8)9/h14-15,18-24,27-29,43-44H,12-13,16-17,25-26H2,1-11H3. The van der Waals surface area contributed by atoms with Crippen molar-refractivity contribution in [2.45, 2.75) is 117 Å². The molecule has 48 heavy (non-hydrogen) atoms. The van der Waals surface area contributed by atoms with Crippen molar-refractivity contribution in [2.24, 2.45) is 13.0 Å². The average molecular weight is 658 g/mol. The molecule has 3 heteroatoms. The largest absolute Gasteiger partial charge is 0.376 e. The van der Waals surface area contributed by atoms with Gasteiger partial charge in [0.1, 0.15) is 0 Å². The Labute approximate surface area is 292 Å². The lowest BCUT2D eigenvalue weighted by Gasteiger charge is -2.44. The second kappa shape index (κ2) is 13.3. The van der Waals surface area contributed by atoms with Gasteiger partial charge < -0.3 is 9.30 Å². The summed E-state index contributed by atoms with van der Waals surface area (Å²) in [6.07, 6.45) is 7.64. The van der Waals surface area contributed by atoms with Crippen molar-refractivity contribution in [1.29, 1.82) is 0 Å². The molecule has 0 aliphatic heterocycles. The van der Waals surface area contributed by atoms with Crippen LogP contribution in [0.3, 0.4) is 0 Å². The topological polar surface area (TPSA) is 14.2 Å². The van der Waals surface area contributed by atoms with Gasteiger partial charge in [-0.25, -0.2) is 0 Å². The van der Waals surface area contributed by atoms with Gasteiger partial charge in [0.2, 0.25) is 0 Å². The van der Waals surface area contributed by atoms with Gasteiger partial charge in [0.05, 0.1) is 13.7 Å². The minimum atomic E-state index is -1.99. The Kier molecular flexibility index (Phi) is 9.61. The van der Waals surface area contributed by atoms with E-state index in [0.717, 1.165) is 13.0 Å². The first-order chi connectivity index (χ1) is 22.7. The van der Waals surface area contributed by atoms with Crippen LogP contribution in [0.25, 0.3) is 39.0 Å². The molecule has 1 heterocycles. The number of hydrogen-bond donors (Lipinski definition) is 0. The highest BCUT2D eigenvalue weighted by Crippen LogP contribution is 2.58. The number of fused-ring (bicyclic) bond motifs is 4. The Morgan fingerprint density at radius 3 is 2.12 bits per heavy atom. The molecule has 0 saturated carbocycles. The Hall–Kier alpha value is -3.14. The minimum Gasteiger partial charge on any atom is -0.376 e. The summed E-state index contributed by atoms with van der Waals surface area (Å²) in [5, 5.41) is 2.68. The third-order valence-electron chi connectivity index (χ3n) is 12.1. The lowest BCUT2D eigenvalue weighted by molar-refractivity contribution is -0.00471. The number of nitrogens with zero attached hydrogens (tertiary/aromatic N) is 1. The summed E-state index contributed by atoms with van der Waals surface area (Å²) >= 11 is 0. The SMILES string of the molecule is CC1=C(C)C([Si](C)(CCCCCCOC(C)(C)C)C2C(C(C)C)=Cc3c(-c4ccc5c(c4)c4ccccc4n5C)cccc32)C(C)=C1C.